The van der Waals surface area contributed by atoms with Gasteiger partial charge in [-0.1, -0.05) is 15.9 Å². The Hall–Kier alpha value is 0.959. The summed E-state index contributed by atoms with van der Waals surface area (Å²) in [4.78, 5) is 1.16. The van der Waals surface area contributed by atoms with Crippen LogP contribution < -0.4 is 0 Å². The summed E-state index contributed by atoms with van der Waals surface area (Å²) in [5, 5.41) is 0. The van der Waals surface area contributed by atoms with E-state index in [1.807, 2.05) is 51.4 Å². The number of halogens is 1. The largest absolute Gasteiger partial charge is 2.00 e. The molecule has 0 N–H and O–H groups in total. The van der Waals surface area contributed by atoms with Gasteiger partial charge in [0.05, 0.1) is 6.61 Å². The molecule has 2 fully saturated rings. The number of ether oxygens (including phenoxy) is 1. The number of hydrogen-bond donors (Lipinski definition) is 0. The molecular formula is C12H13BrFeO+2. The first-order valence-corrected chi connectivity index (χ1v) is 5.19. The molecule has 2 aliphatic rings. The Labute approximate surface area is 113 Å². The van der Waals surface area contributed by atoms with E-state index in [-0.39, 0.29) is 17.1 Å². The monoisotopic (exact) mass is 308 g/mol. The molecule has 80 valence electrons. The summed E-state index contributed by atoms with van der Waals surface area (Å²) in [6.07, 6.45) is 16.1. The molecule has 2 saturated carbocycles. The van der Waals surface area contributed by atoms with Gasteiger partial charge in [0.2, 0.25) is 0 Å². The Morgan fingerprint density at radius 3 is 1.80 bits per heavy atom. The molecule has 0 aliphatic heterocycles. The van der Waals surface area contributed by atoms with Gasteiger partial charge < -0.3 is 4.74 Å². The van der Waals surface area contributed by atoms with Gasteiger partial charge in [0, 0.05) is 17.9 Å². The zero-order valence-electron chi connectivity index (χ0n) is 8.47. The summed E-state index contributed by atoms with van der Waals surface area (Å²) in [6.45, 7) is 0.729. The third-order valence-electron chi connectivity index (χ3n) is 1.66. The van der Waals surface area contributed by atoms with E-state index in [0.717, 1.165) is 11.4 Å². The molecule has 15 heavy (non-hydrogen) atoms. The van der Waals surface area contributed by atoms with Gasteiger partial charge in [-0.3, -0.25) is 0 Å². The number of methoxy groups -OCH3 is 1. The average molecular weight is 309 g/mol. The van der Waals surface area contributed by atoms with E-state index in [9.17, 15) is 0 Å². The molecule has 3 heteroatoms. The van der Waals surface area contributed by atoms with Gasteiger partial charge in [0.25, 0.3) is 0 Å². The summed E-state index contributed by atoms with van der Waals surface area (Å²) in [5.41, 5.74) is 0. The predicted molar refractivity (Wildman–Crippen MR) is 61.7 cm³/mol. The van der Waals surface area contributed by atoms with Crippen molar-refractivity contribution in [1.82, 2.24) is 0 Å². The molecule has 0 amide bonds. The molecule has 0 saturated heterocycles. The topological polar surface area (TPSA) is 9.23 Å². The summed E-state index contributed by atoms with van der Waals surface area (Å²) < 4.78 is 4.89. The van der Waals surface area contributed by atoms with Crippen LogP contribution in [0.2, 0.25) is 0 Å². The molecule has 1 nitrogen and oxygen atoms in total. The minimum Gasteiger partial charge on any atom is -0.384 e. The molecule has 2 rings (SSSR count). The molecule has 0 heterocycles. The zero-order valence-corrected chi connectivity index (χ0v) is 11.2. The molecule has 0 bridgehead atoms. The van der Waals surface area contributed by atoms with Gasteiger partial charge in [-0.25, -0.2) is 0 Å². The van der Waals surface area contributed by atoms with Crippen LogP contribution in [0.4, 0.5) is 0 Å². The second kappa shape index (κ2) is 10.1. The molecule has 0 unspecified atom stereocenters. The zero-order chi connectivity index (χ0) is 10.2. The normalized spacial score (nSPS) is 22.0. The van der Waals surface area contributed by atoms with Crippen LogP contribution in [0, 0.1) is 62.1 Å². The van der Waals surface area contributed by atoms with Gasteiger partial charge in [0.15, 0.2) is 0 Å². The number of rotatable bonds is 2. The SMILES string of the molecule is Br[C]1[CH][CH][CH][CH]1.COC[C]1[CH][CH][CH][CH]1.[Fe+2]. The second-order valence-corrected chi connectivity index (χ2v) is 3.74. The van der Waals surface area contributed by atoms with Crippen molar-refractivity contribution in [2.75, 3.05) is 13.7 Å². The van der Waals surface area contributed by atoms with Crippen molar-refractivity contribution in [2.45, 2.75) is 0 Å². The maximum Gasteiger partial charge on any atom is 2.00 e. The van der Waals surface area contributed by atoms with Crippen molar-refractivity contribution >= 4 is 15.9 Å². The van der Waals surface area contributed by atoms with E-state index in [1.54, 1.807) is 7.11 Å². The van der Waals surface area contributed by atoms with Crippen molar-refractivity contribution < 1.29 is 21.8 Å². The van der Waals surface area contributed by atoms with E-state index in [1.165, 1.54) is 5.92 Å². The Balaban J connectivity index is 0.000000253. The first-order valence-electron chi connectivity index (χ1n) is 4.39. The molecule has 0 aromatic heterocycles. The van der Waals surface area contributed by atoms with Crippen LogP contribution in [-0.4, -0.2) is 13.7 Å². The van der Waals surface area contributed by atoms with Crippen molar-refractivity contribution in [1.29, 1.82) is 0 Å². The van der Waals surface area contributed by atoms with Crippen LogP contribution in [0.25, 0.3) is 0 Å². The van der Waals surface area contributed by atoms with Gasteiger partial charge in [-0.15, -0.1) is 0 Å². The Morgan fingerprint density at radius 1 is 1.00 bits per heavy atom. The smallest absolute Gasteiger partial charge is 0.384 e. The standard InChI is InChI=1S/C7H9O.C5H4Br.Fe/c1-8-6-7-4-2-3-5-7;6-5-3-1-2-4-5;/h2-5H,6H2,1H3;1-4H;/q;;+2. The van der Waals surface area contributed by atoms with Crippen LogP contribution in [0.3, 0.4) is 0 Å². The van der Waals surface area contributed by atoms with E-state index in [2.05, 4.69) is 15.9 Å². The maximum absolute atomic E-state index is 4.89. The van der Waals surface area contributed by atoms with E-state index < -0.39 is 0 Å². The summed E-state index contributed by atoms with van der Waals surface area (Å²) >= 11 is 3.28. The minimum absolute atomic E-state index is 0. The molecule has 0 spiro atoms. The van der Waals surface area contributed by atoms with E-state index in [4.69, 9.17) is 4.74 Å². The first-order chi connectivity index (χ1) is 6.83. The Kier molecular flexibility index (Phi) is 10.8. The van der Waals surface area contributed by atoms with E-state index >= 15 is 0 Å². The van der Waals surface area contributed by atoms with Gasteiger partial charge >= 0.3 is 17.1 Å². The van der Waals surface area contributed by atoms with Gasteiger partial charge in [-0.05, 0) is 51.4 Å². The van der Waals surface area contributed by atoms with Crippen molar-refractivity contribution in [2.24, 2.45) is 0 Å². The van der Waals surface area contributed by atoms with Gasteiger partial charge in [-0.2, -0.15) is 0 Å². The van der Waals surface area contributed by atoms with Crippen LogP contribution in [0.5, 0.6) is 0 Å². The fourth-order valence-corrected chi connectivity index (χ4v) is 1.33. The summed E-state index contributed by atoms with van der Waals surface area (Å²) in [5.74, 6) is 1.24. The van der Waals surface area contributed by atoms with Crippen LogP contribution in [0.15, 0.2) is 0 Å². The molecule has 10 radical (unpaired) electrons. The summed E-state index contributed by atoms with van der Waals surface area (Å²) in [6, 6.07) is 0. The third-order valence-corrected chi connectivity index (χ3v) is 2.19. The molecule has 0 aromatic rings. The fraction of sp³-hybridized carbons (Fsp3) is 0.167. The summed E-state index contributed by atoms with van der Waals surface area (Å²) in [7, 11) is 1.70. The second-order valence-electron chi connectivity index (χ2n) is 2.83. The van der Waals surface area contributed by atoms with Gasteiger partial charge in [0.1, 0.15) is 0 Å². The third kappa shape index (κ3) is 7.79. The Morgan fingerprint density at radius 2 is 1.47 bits per heavy atom. The van der Waals surface area contributed by atoms with Crippen LogP contribution in [0.1, 0.15) is 0 Å². The van der Waals surface area contributed by atoms with Crippen molar-refractivity contribution in [3.8, 4) is 0 Å². The molecule has 0 atom stereocenters. The average Bonchev–Trinajstić information content (AvgIpc) is 2.79. The quantitative estimate of drug-likeness (QED) is 0.713. The van der Waals surface area contributed by atoms with E-state index in [0.29, 0.717) is 0 Å². The molecule has 2 aliphatic carbocycles. The van der Waals surface area contributed by atoms with Crippen LogP contribution in [-0.2, 0) is 21.8 Å². The van der Waals surface area contributed by atoms with Crippen molar-refractivity contribution in [3.63, 3.8) is 0 Å². The number of hydrogen-bond acceptors (Lipinski definition) is 1. The molecular weight excluding hydrogens is 296 g/mol. The predicted octanol–water partition coefficient (Wildman–Crippen LogP) is 2.78. The maximum atomic E-state index is 4.89. The van der Waals surface area contributed by atoms with Crippen molar-refractivity contribution in [3.05, 3.63) is 62.1 Å². The fourth-order valence-electron chi connectivity index (χ4n) is 1.03. The Bertz CT molecular complexity index is 132. The minimum atomic E-state index is 0. The first kappa shape index (κ1) is 16.0. The van der Waals surface area contributed by atoms with Crippen LogP contribution >= 0.6 is 15.9 Å². The molecule has 0 aromatic carbocycles.